The summed E-state index contributed by atoms with van der Waals surface area (Å²) in [5, 5.41) is 3.33. The summed E-state index contributed by atoms with van der Waals surface area (Å²) >= 11 is 0. The molecule has 2 heteroatoms. The van der Waals surface area contributed by atoms with Crippen LogP contribution < -0.4 is 5.32 Å². The maximum absolute atomic E-state index is 3.33. The Morgan fingerprint density at radius 1 is 1.30 bits per heavy atom. The number of nitrogens with one attached hydrogen (secondary N) is 1. The molecule has 0 aromatic heterocycles. The zero-order valence-electron chi connectivity index (χ0n) is 7.35. The van der Waals surface area contributed by atoms with Gasteiger partial charge < -0.3 is 5.32 Å². The molecule has 0 amide bonds. The Labute approximate surface area is 76.9 Å². The smallest absolute Gasteiger partial charge is 0 e. The predicted molar refractivity (Wildman–Crippen MR) is 42.6 cm³/mol. The fraction of sp³-hybridized carbons (Fsp3) is 1.00. The molecule has 1 radical (unpaired) electrons. The van der Waals surface area contributed by atoms with E-state index in [0.29, 0.717) is 0 Å². The minimum absolute atomic E-state index is 0. The van der Waals surface area contributed by atoms with Gasteiger partial charge in [0.15, 0.2) is 0 Å². The molecule has 1 N–H and O–H groups in total. The first-order chi connectivity index (χ1) is 4.39. The maximum atomic E-state index is 3.33. The van der Waals surface area contributed by atoms with Gasteiger partial charge in [0.05, 0.1) is 0 Å². The maximum Gasteiger partial charge on any atom is 0 e. The SMILES string of the molecule is CC.CC1CCCNC1.[V]. The molecule has 0 bridgehead atoms. The molecule has 1 atom stereocenters. The molecule has 0 spiro atoms. The summed E-state index contributed by atoms with van der Waals surface area (Å²) in [6.07, 6.45) is 2.80. The van der Waals surface area contributed by atoms with E-state index in [1.165, 1.54) is 25.9 Å². The molecule has 1 rings (SSSR count). The molecule has 0 aliphatic carbocycles. The molecule has 0 aromatic carbocycles. The number of piperidine rings is 1. The molecule has 1 aliphatic rings. The quantitative estimate of drug-likeness (QED) is 0.601. The molecule has 61 valence electrons. The molecular weight excluding hydrogens is 161 g/mol. The van der Waals surface area contributed by atoms with E-state index in [1.807, 2.05) is 13.8 Å². The summed E-state index contributed by atoms with van der Waals surface area (Å²) in [5.41, 5.74) is 0. The molecule has 1 unspecified atom stereocenters. The minimum atomic E-state index is 0. The molecule has 1 fully saturated rings. The van der Waals surface area contributed by atoms with Crippen molar-refractivity contribution in [1.82, 2.24) is 5.32 Å². The van der Waals surface area contributed by atoms with E-state index in [1.54, 1.807) is 0 Å². The van der Waals surface area contributed by atoms with E-state index in [9.17, 15) is 0 Å². The fourth-order valence-corrected chi connectivity index (χ4v) is 1.03. The normalized spacial score (nSPS) is 23.7. The number of hydrogen-bond donors (Lipinski definition) is 1. The summed E-state index contributed by atoms with van der Waals surface area (Å²) in [4.78, 5) is 0. The Morgan fingerprint density at radius 2 is 1.90 bits per heavy atom. The van der Waals surface area contributed by atoms with Crippen LogP contribution in [-0.2, 0) is 18.6 Å². The molecule has 0 aromatic rings. The van der Waals surface area contributed by atoms with Gasteiger partial charge in [-0.3, -0.25) is 0 Å². The fourth-order valence-electron chi connectivity index (χ4n) is 1.03. The van der Waals surface area contributed by atoms with Gasteiger partial charge in [0.25, 0.3) is 0 Å². The van der Waals surface area contributed by atoms with Gasteiger partial charge in [-0.25, -0.2) is 0 Å². The first kappa shape index (κ1) is 13.2. The third kappa shape index (κ3) is 6.66. The summed E-state index contributed by atoms with van der Waals surface area (Å²) in [5.74, 6) is 0.925. The van der Waals surface area contributed by atoms with Crippen LogP contribution >= 0.6 is 0 Å². The van der Waals surface area contributed by atoms with Gasteiger partial charge in [0.1, 0.15) is 0 Å². The third-order valence-electron chi connectivity index (χ3n) is 1.54. The first-order valence-corrected chi connectivity index (χ1v) is 4.10. The summed E-state index contributed by atoms with van der Waals surface area (Å²) < 4.78 is 0. The van der Waals surface area contributed by atoms with Crippen molar-refractivity contribution in [3.05, 3.63) is 0 Å². The second-order valence-electron chi connectivity index (χ2n) is 2.45. The van der Waals surface area contributed by atoms with Gasteiger partial charge in [-0.1, -0.05) is 20.8 Å². The van der Waals surface area contributed by atoms with Gasteiger partial charge >= 0.3 is 0 Å². The van der Waals surface area contributed by atoms with E-state index in [2.05, 4.69) is 12.2 Å². The molecule has 10 heavy (non-hydrogen) atoms. The largest absolute Gasteiger partial charge is 0.316 e. The first-order valence-electron chi connectivity index (χ1n) is 4.10. The van der Waals surface area contributed by atoms with Crippen LogP contribution in [0.1, 0.15) is 33.6 Å². The molecule has 1 nitrogen and oxygen atoms in total. The van der Waals surface area contributed by atoms with Crippen molar-refractivity contribution in [3.8, 4) is 0 Å². The van der Waals surface area contributed by atoms with Gasteiger partial charge in [0.2, 0.25) is 0 Å². The van der Waals surface area contributed by atoms with Crippen molar-refractivity contribution >= 4 is 0 Å². The Balaban J connectivity index is 0. The zero-order chi connectivity index (χ0) is 7.11. The topological polar surface area (TPSA) is 12.0 Å². The summed E-state index contributed by atoms with van der Waals surface area (Å²) in [6, 6.07) is 0. The molecule has 1 heterocycles. The Kier molecular flexibility index (Phi) is 12.6. The average Bonchev–Trinajstić information content (AvgIpc) is 1.94. The van der Waals surface area contributed by atoms with Crippen LogP contribution in [0.5, 0.6) is 0 Å². The Bertz CT molecular complexity index is 51.2. The Hall–Kier alpha value is 0.544. The van der Waals surface area contributed by atoms with Gasteiger partial charge in [0, 0.05) is 18.6 Å². The van der Waals surface area contributed by atoms with E-state index in [4.69, 9.17) is 0 Å². The van der Waals surface area contributed by atoms with Crippen molar-refractivity contribution in [2.75, 3.05) is 13.1 Å². The van der Waals surface area contributed by atoms with Crippen molar-refractivity contribution in [2.24, 2.45) is 5.92 Å². The van der Waals surface area contributed by atoms with E-state index >= 15 is 0 Å². The van der Waals surface area contributed by atoms with Crippen LogP contribution in [0.2, 0.25) is 0 Å². The monoisotopic (exact) mass is 180 g/mol. The average molecular weight is 180 g/mol. The van der Waals surface area contributed by atoms with Crippen LogP contribution in [0.25, 0.3) is 0 Å². The van der Waals surface area contributed by atoms with Crippen LogP contribution in [0.15, 0.2) is 0 Å². The molecule has 0 saturated carbocycles. The van der Waals surface area contributed by atoms with E-state index < -0.39 is 0 Å². The number of rotatable bonds is 0. The van der Waals surface area contributed by atoms with Crippen molar-refractivity contribution in [1.29, 1.82) is 0 Å². The van der Waals surface area contributed by atoms with E-state index in [0.717, 1.165) is 5.92 Å². The minimum Gasteiger partial charge on any atom is -0.316 e. The third-order valence-corrected chi connectivity index (χ3v) is 1.54. The summed E-state index contributed by atoms with van der Waals surface area (Å²) in [6.45, 7) is 8.77. The van der Waals surface area contributed by atoms with Crippen LogP contribution in [0, 0.1) is 5.92 Å². The molecule has 1 aliphatic heterocycles. The van der Waals surface area contributed by atoms with Crippen LogP contribution in [0.4, 0.5) is 0 Å². The van der Waals surface area contributed by atoms with Gasteiger partial charge in [-0.15, -0.1) is 0 Å². The summed E-state index contributed by atoms with van der Waals surface area (Å²) in [7, 11) is 0. The predicted octanol–water partition coefficient (Wildman–Crippen LogP) is 2.03. The van der Waals surface area contributed by atoms with Gasteiger partial charge in [-0.2, -0.15) is 0 Å². The van der Waals surface area contributed by atoms with Crippen molar-refractivity contribution in [2.45, 2.75) is 33.6 Å². The van der Waals surface area contributed by atoms with Crippen molar-refractivity contribution < 1.29 is 18.6 Å². The number of hydrogen-bond acceptors (Lipinski definition) is 1. The standard InChI is InChI=1S/C6H13N.C2H6.V/c1-6-3-2-4-7-5-6;1-2;/h6-7H,2-5H2,1H3;1-2H3;. The zero-order valence-corrected chi connectivity index (χ0v) is 8.75. The van der Waals surface area contributed by atoms with Crippen LogP contribution in [0.3, 0.4) is 0 Å². The van der Waals surface area contributed by atoms with Gasteiger partial charge in [-0.05, 0) is 31.8 Å². The second kappa shape index (κ2) is 9.54. The van der Waals surface area contributed by atoms with E-state index in [-0.39, 0.29) is 18.6 Å². The van der Waals surface area contributed by atoms with Crippen molar-refractivity contribution in [3.63, 3.8) is 0 Å². The van der Waals surface area contributed by atoms with Crippen LogP contribution in [-0.4, -0.2) is 13.1 Å². The second-order valence-corrected chi connectivity index (χ2v) is 2.45. The molecule has 1 saturated heterocycles. The molecular formula is C8H19NV. The Morgan fingerprint density at radius 3 is 2.10 bits per heavy atom.